The highest BCUT2D eigenvalue weighted by Gasteiger charge is 1.94. The molecule has 1 aromatic rings. The Bertz CT molecular complexity index is 280. The van der Waals surface area contributed by atoms with E-state index < -0.39 is 6.67 Å². The molecule has 0 saturated carbocycles. The number of hydrogen-bond acceptors (Lipinski definition) is 2. The minimum atomic E-state index is -0.472. The minimum Gasteiger partial charge on any atom is -0.246 e. The highest BCUT2D eigenvalue weighted by Crippen LogP contribution is 2.17. The summed E-state index contributed by atoms with van der Waals surface area (Å²) >= 11 is 1.04. The van der Waals surface area contributed by atoms with Gasteiger partial charge in [-0.15, -0.1) is 0 Å². The van der Waals surface area contributed by atoms with Crippen molar-refractivity contribution in [2.45, 2.75) is 11.6 Å². The van der Waals surface area contributed by atoms with E-state index in [4.69, 9.17) is 5.26 Å². The van der Waals surface area contributed by atoms with Crippen LogP contribution >= 0.6 is 11.8 Å². The fraction of sp³-hybridized carbons (Fsp3) is 0.125. The molecule has 56 valence electrons. The van der Waals surface area contributed by atoms with E-state index >= 15 is 0 Å². The summed E-state index contributed by atoms with van der Waals surface area (Å²) in [6.07, 6.45) is 0. The highest BCUT2D eigenvalue weighted by atomic mass is 32.2. The minimum absolute atomic E-state index is 0.472. The average molecular weight is 167 g/mol. The van der Waals surface area contributed by atoms with Gasteiger partial charge in [0.1, 0.15) is 12.1 Å². The average Bonchev–Trinajstić information content (AvgIpc) is 2.06. The first-order valence-electron chi connectivity index (χ1n) is 3.07. The van der Waals surface area contributed by atoms with Gasteiger partial charge in [-0.1, -0.05) is 12.1 Å². The van der Waals surface area contributed by atoms with E-state index in [1.54, 1.807) is 24.3 Å². The molecule has 0 aliphatic carbocycles. The van der Waals surface area contributed by atoms with Crippen LogP contribution in [0.4, 0.5) is 4.39 Å². The van der Waals surface area contributed by atoms with Crippen LogP contribution in [-0.2, 0) is 6.67 Å². The molecule has 1 nitrogen and oxygen atoms in total. The van der Waals surface area contributed by atoms with Crippen LogP contribution in [0, 0.1) is 10.7 Å². The van der Waals surface area contributed by atoms with Gasteiger partial charge in [-0.2, -0.15) is 5.26 Å². The maximum atomic E-state index is 12.1. The highest BCUT2D eigenvalue weighted by molar-refractivity contribution is 8.03. The van der Waals surface area contributed by atoms with Gasteiger partial charge in [-0.05, 0) is 29.5 Å². The Labute approximate surface area is 68.8 Å². The van der Waals surface area contributed by atoms with Crippen molar-refractivity contribution in [3.8, 4) is 5.40 Å². The zero-order valence-corrected chi connectivity index (χ0v) is 6.57. The zero-order chi connectivity index (χ0) is 8.10. The molecule has 0 spiro atoms. The molecule has 0 unspecified atom stereocenters. The first-order chi connectivity index (χ1) is 5.36. The molecule has 0 bridgehead atoms. The Morgan fingerprint density at radius 3 is 3.00 bits per heavy atom. The standard InChI is InChI=1S/C8H6FNS/c9-5-7-2-1-3-8(4-7)11-6-10/h1-4H,5H2. The SMILES string of the molecule is N#CSc1cccc(CF)c1. The number of benzene rings is 1. The van der Waals surface area contributed by atoms with Gasteiger partial charge in [0, 0.05) is 4.90 Å². The van der Waals surface area contributed by atoms with Crippen LogP contribution < -0.4 is 0 Å². The van der Waals surface area contributed by atoms with Crippen LogP contribution in [0.1, 0.15) is 5.56 Å². The normalized spacial score (nSPS) is 9.09. The molecule has 0 aromatic heterocycles. The van der Waals surface area contributed by atoms with Gasteiger partial charge in [0.05, 0.1) is 0 Å². The van der Waals surface area contributed by atoms with Crippen molar-refractivity contribution < 1.29 is 4.39 Å². The van der Waals surface area contributed by atoms with Gasteiger partial charge >= 0.3 is 0 Å². The molecule has 0 aliphatic rings. The number of nitriles is 1. The summed E-state index contributed by atoms with van der Waals surface area (Å²) < 4.78 is 12.1. The zero-order valence-electron chi connectivity index (χ0n) is 5.75. The van der Waals surface area contributed by atoms with Crippen LogP contribution in [0.5, 0.6) is 0 Å². The fourth-order valence-corrected chi connectivity index (χ4v) is 1.21. The lowest BCUT2D eigenvalue weighted by Crippen LogP contribution is -1.77. The van der Waals surface area contributed by atoms with Gasteiger partial charge < -0.3 is 0 Å². The second-order valence-electron chi connectivity index (χ2n) is 1.97. The maximum Gasteiger partial charge on any atom is 0.138 e. The van der Waals surface area contributed by atoms with Crippen molar-refractivity contribution in [2.24, 2.45) is 0 Å². The summed E-state index contributed by atoms with van der Waals surface area (Å²) in [6, 6.07) is 6.90. The second-order valence-corrected chi connectivity index (χ2v) is 2.83. The molecule has 1 aromatic carbocycles. The number of thioether (sulfide) groups is 1. The third-order valence-corrected chi connectivity index (χ3v) is 1.80. The number of nitrogens with zero attached hydrogens (tertiary/aromatic N) is 1. The number of alkyl halides is 1. The lowest BCUT2D eigenvalue weighted by atomic mass is 10.2. The van der Waals surface area contributed by atoms with Crippen molar-refractivity contribution in [3.05, 3.63) is 29.8 Å². The van der Waals surface area contributed by atoms with E-state index in [1.807, 2.05) is 5.40 Å². The van der Waals surface area contributed by atoms with Crippen molar-refractivity contribution in [1.82, 2.24) is 0 Å². The Morgan fingerprint density at radius 2 is 2.36 bits per heavy atom. The van der Waals surface area contributed by atoms with E-state index in [0.29, 0.717) is 5.56 Å². The number of rotatable bonds is 2. The molecule has 1 rings (SSSR count). The quantitative estimate of drug-likeness (QED) is 0.499. The number of halogens is 1. The van der Waals surface area contributed by atoms with Crippen LogP contribution in [0.25, 0.3) is 0 Å². The van der Waals surface area contributed by atoms with Crippen LogP contribution in [0.2, 0.25) is 0 Å². The molecule has 0 aliphatic heterocycles. The molecule has 0 heterocycles. The summed E-state index contributed by atoms with van der Waals surface area (Å²) in [4.78, 5) is 0.794. The first-order valence-corrected chi connectivity index (χ1v) is 3.89. The van der Waals surface area contributed by atoms with E-state index in [1.165, 1.54) is 0 Å². The molecular formula is C8H6FNS. The second kappa shape index (κ2) is 3.99. The fourth-order valence-electron chi connectivity index (χ4n) is 0.745. The summed E-state index contributed by atoms with van der Waals surface area (Å²) in [7, 11) is 0. The first kappa shape index (κ1) is 8.09. The predicted molar refractivity (Wildman–Crippen MR) is 42.7 cm³/mol. The van der Waals surface area contributed by atoms with Crippen molar-refractivity contribution in [3.63, 3.8) is 0 Å². The molecule has 0 saturated heterocycles. The van der Waals surface area contributed by atoms with Crippen LogP contribution in [0.15, 0.2) is 29.2 Å². The molecule has 3 heteroatoms. The summed E-state index contributed by atoms with van der Waals surface area (Å²) in [5.41, 5.74) is 0.616. The molecule has 0 N–H and O–H groups in total. The summed E-state index contributed by atoms with van der Waals surface area (Å²) in [6.45, 7) is -0.472. The molecule has 0 fully saturated rings. The molecule has 0 radical (unpaired) electrons. The molecular weight excluding hydrogens is 161 g/mol. The Kier molecular flexibility index (Phi) is 2.94. The lowest BCUT2D eigenvalue weighted by Gasteiger charge is -1.95. The smallest absolute Gasteiger partial charge is 0.138 e. The maximum absolute atomic E-state index is 12.1. The number of thiocyanates is 1. The van der Waals surface area contributed by atoms with Crippen LogP contribution in [0.3, 0.4) is 0 Å². The monoisotopic (exact) mass is 167 g/mol. The molecule has 0 amide bonds. The third kappa shape index (κ3) is 2.24. The van der Waals surface area contributed by atoms with Crippen LogP contribution in [-0.4, -0.2) is 0 Å². The van der Waals surface area contributed by atoms with Crippen molar-refractivity contribution >= 4 is 11.8 Å². The van der Waals surface area contributed by atoms with Gasteiger partial charge in [0.25, 0.3) is 0 Å². The van der Waals surface area contributed by atoms with Gasteiger partial charge in [0.2, 0.25) is 0 Å². The van der Waals surface area contributed by atoms with Crippen molar-refractivity contribution in [1.29, 1.82) is 5.26 Å². The van der Waals surface area contributed by atoms with Gasteiger partial charge in [-0.25, -0.2) is 4.39 Å². The molecule has 11 heavy (non-hydrogen) atoms. The number of hydrogen-bond donors (Lipinski definition) is 0. The van der Waals surface area contributed by atoms with E-state index in [-0.39, 0.29) is 0 Å². The van der Waals surface area contributed by atoms with E-state index in [0.717, 1.165) is 16.7 Å². The predicted octanol–water partition coefficient (Wildman–Crippen LogP) is 2.73. The summed E-state index contributed by atoms with van der Waals surface area (Å²) in [5, 5.41) is 10.2. The third-order valence-electron chi connectivity index (χ3n) is 1.22. The van der Waals surface area contributed by atoms with E-state index in [9.17, 15) is 4.39 Å². The van der Waals surface area contributed by atoms with E-state index in [2.05, 4.69) is 0 Å². The molecule has 0 atom stereocenters. The lowest BCUT2D eigenvalue weighted by molar-refractivity contribution is 0.484. The topological polar surface area (TPSA) is 23.8 Å². The largest absolute Gasteiger partial charge is 0.246 e. The Balaban J connectivity index is 2.84. The summed E-state index contributed by atoms with van der Waals surface area (Å²) in [5.74, 6) is 0. The Morgan fingerprint density at radius 1 is 1.55 bits per heavy atom. The van der Waals surface area contributed by atoms with Gasteiger partial charge in [-0.3, -0.25) is 0 Å². The van der Waals surface area contributed by atoms with Gasteiger partial charge in [0.15, 0.2) is 0 Å². The Hall–Kier alpha value is -1.01. The van der Waals surface area contributed by atoms with Crippen molar-refractivity contribution in [2.75, 3.05) is 0 Å².